The summed E-state index contributed by atoms with van der Waals surface area (Å²) < 4.78 is 5.94. The van der Waals surface area contributed by atoms with Crippen molar-refractivity contribution in [2.24, 2.45) is 5.92 Å². The number of fused-ring (bicyclic) bond motifs is 1. The Morgan fingerprint density at radius 1 is 1.16 bits per heavy atom. The van der Waals surface area contributed by atoms with Crippen LogP contribution >= 0.6 is 0 Å². The highest BCUT2D eigenvalue weighted by molar-refractivity contribution is 5.98. The number of rotatable bonds is 4. The Labute approximate surface area is 152 Å². The Hall–Kier alpha value is -1.81. The van der Waals surface area contributed by atoms with Crippen molar-refractivity contribution in [3.05, 3.63) is 30.0 Å². The van der Waals surface area contributed by atoms with Crippen LogP contribution in [0.2, 0.25) is 0 Å². The molecule has 3 rings (SSSR count). The number of piperidine rings is 1. The number of ketones is 1. The summed E-state index contributed by atoms with van der Waals surface area (Å²) in [5.41, 5.74) is 1.63. The Bertz CT molecular complexity index is 640. The number of carbonyl (C=O) groups is 1. The zero-order chi connectivity index (χ0) is 18.8. The lowest BCUT2D eigenvalue weighted by molar-refractivity contribution is 0.101. The number of aromatic amines is 1. The first kappa shape index (κ1) is 21.2. The van der Waals surface area contributed by atoms with Crippen LogP contribution in [0.1, 0.15) is 57.9 Å². The molecule has 1 saturated heterocycles. The van der Waals surface area contributed by atoms with E-state index in [2.05, 4.69) is 16.9 Å². The molecular weight excluding hydrogens is 312 g/mol. The molecule has 1 aromatic heterocycles. The predicted molar refractivity (Wildman–Crippen MR) is 107 cm³/mol. The second kappa shape index (κ2) is 10.9. The fourth-order valence-corrected chi connectivity index (χ4v) is 2.83. The summed E-state index contributed by atoms with van der Waals surface area (Å²) in [5, 5.41) is 1.03. The van der Waals surface area contributed by atoms with E-state index in [-0.39, 0.29) is 5.78 Å². The predicted octanol–water partition coefficient (Wildman–Crippen LogP) is 5.14. The van der Waals surface area contributed by atoms with Gasteiger partial charge in [0.1, 0.15) is 5.75 Å². The third-order valence-corrected chi connectivity index (χ3v) is 4.30. The summed E-state index contributed by atoms with van der Waals surface area (Å²) in [7, 11) is 2.17. The number of likely N-dealkylation sites (tertiary alicyclic amines) is 1. The van der Waals surface area contributed by atoms with Crippen LogP contribution < -0.4 is 4.74 Å². The highest BCUT2D eigenvalue weighted by Gasteiger charge is 2.17. The van der Waals surface area contributed by atoms with E-state index in [1.807, 2.05) is 52.0 Å². The van der Waals surface area contributed by atoms with E-state index in [4.69, 9.17) is 4.74 Å². The van der Waals surface area contributed by atoms with Crippen LogP contribution in [-0.2, 0) is 0 Å². The van der Waals surface area contributed by atoms with Crippen LogP contribution in [0.4, 0.5) is 0 Å². The number of H-pyrrole nitrogens is 1. The van der Waals surface area contributed by atoms with E-state index < -0.39 is 0 Å². The van der Waals surface area contributed by atoms with Gasteiger partial charge in [-0.2, -0.15) is 0 Å². The third kappa shape index (κ3) is 6.20. The summed E-state index contributed by atoms with van der Waals surface area (Å²) in [6.45, 7) is 12.7. The summed E-state index contributed by atoms with van der Waals surface area (Å²) in [6, 6.07) is 7.84. The van der Waals surface area contributed by atoms with Gasteiger partial charge in [-0.3, -0.25) is 4.79 Å². The van der Waals surface area contributed by atoms with Gasteiger partial charge >= 0.3 is 0 Å². The molecule has 1 aromatic carbocycles. The van der Waals surface area contributed by atoms with Gasteiger partial charge in [-0.1, -0.05) is 27.7 Å². The van der Waals surface area contributed by atoms with Crippen molar-refractivity contribution in [1.29, 1.82) is 0 Å². The van der Waals surface area contributed by atoms with Gasteiger partial charge in [0.05, 0.1) is 12.3 Å². The maximum absolute atomic E-state index is 11.4. The zero-order valence-electron chi connectivity index (χ0n) is 16.7. The van der Waals surface area contributed by atoms with Crippen molar-refractivity contribution in [1.82, 2.24) is 9.88 Å². The number of nitrogens with one attached hydrogen (secondary N) is 1. The molecule has 0 amide bonds. The standard InChI is InChI=1S/C17H22N2O2.2C2H6/c1-12(20)17-10-14-9-15(3-4-16(14)18-17)21-11-13-5-7-19(2)8-6-13;2*1-2/h3-4,9-10,13,18H,5-8,11H2,1-2H3;2*1-2H3. The molecule has 0 atom stereocenters. The van der Waals surface area contributed by atoms with Gasteiger partial charge < -0.3 is 14.6 Å². The minimum Gasteiger partial charge on any atom is -0.493 e. The van der Waals surface area contributed by atoms with Crippen LogP contribution in [0.3, 0.4) is 0 Å². The number of ether oxygens (including phenoxy) is 1. The molecular formula is C21H34N2O2. The van der Waals surface area contributed by atoms with E-state index >= 15 is 0 Å². The normalized spacial score (nSPS) is 15.0. The van der Waals surface area contributed by atoms with Gasteiger partial charge in [-0.15, -0.1) is 0 Å². The molecule has 2 heterocycles. The van der Waals surface area contributed by atoms with Crippen molar-refractivity contribution < 1.29 is 9.53 Å². The molecule has 1 aliphatic rings. The first-order valence-electron chi connectivity index (χ1n) is 9.57. The van der Waals surface area contributed by atoms with Crippen molar-refractivity contribution in [3.63, 3.8) is 0 Å². The van der Waals surface area contributed by atoms with E-state index in [1.54, 1.807) is 6.92 Å². The number of Topliss-reactive ketones (excluding diaryl/α,β-unsaturated/α-hetero) is 1. The first-order valence-corrected chi connectivity index (χ1v) is 9.57. The molecule has 4 heteroatoms. The average Bonchev–Trinajstić information content (AvgIpc) is 3.08. The Morgan fingerprint density at radius 3 is 2.40 bits per heavy atom. The molecule has 0 radical (unpaired) electrons. The summed E-state index contributed by atoms with van der Waals surface area (Å²) >= 11 is 0. The Kier molecular flexibility index (Phi) is 9.28. The third-order valence-electron chi connectivity index (χ3n) is 4.30. The molecule has 0 bridgehead atoms. The SMILES string of the molecule is CC.CC.CC(=O)c1cc2cc(OCC3CCN(C)CC3)ccc2[nH]1. The maximum Gasteiger partial charge on any atom is 0.175 e. The van der Waals surface area contributed by atoms with Crippen LogP contribution in [0.15, 0.2) is 24.3 Å². The summed E-state index contributed by atoms with van der Waals surface area (Å²) in [4.78, 5) is 16.9. The molecule has 0 aliphatic carbocycles. The average molecular weight is 347 g/mol. The second-order valence-electron chi connectivity index (χ2n) is 6.05. The smallest absolute Gasteiger partial charge is 0.175 e. The second-order valence-corrected chi connectivity index (χ2v) is 6.05. The lowest BCUT2D eigenvalue weighted by atomic mass is 9.98. The molecule has 140 valence electrons. The molecule has 1 fully saturated rings. The van der Waals surface area contributed by atoms with Gasteiger partial charge in [-0.05, 0) is 63.2 Å². The van der Waals surface area contributed by atoms with Crippen molar-refractivity contribution in [2.45, 2.75) is 47.5 Å². The van der Waals surface area contributed by atoms with E-state index in [0.717, 1.165) is 36.3 Å². The van der Waals surface area contributed by atoms with Crippen LogP contribution in [0.25, 0.3) is 10.9 Å². The monoisotopic (exact) mass is 346 g/mol. The van der Waals surface area contributed by atoms with Crippen molar-refractivity contribution in [3.8, 4) is 5.75 Å². The number of hydrogen-bond acceptors (Lipinski definition) is 3. The van der Waals surface area contributed by atoms with Crippen LogP contribution in [-0.4, -0.2) is 42.4 Å². The molecule has 1 aliphatic heterocycles. The summed E-state index contributed by atoms with van der Waals surface area (Å²) in [5.74, 6) is 1.59. The molecule has 0 unspecified atom stereocenters. The van der Waals surface area contributed by atoms with E-state index in [0.29, 0.717) is 11.6 Å². The van der Waals surface area contributed by atoms with Gasteiger partial charge in [0.15, 0.2) is 5.78 Å². The summed E-state index contributed by atoms with van der Waals surface area (Å²) in [6.07, 6.45) is 2.41. The molecule has 0 saturated carbocycles. The number of aromatic nitrogens is 1. The quantitative estimate of drug-likeness (QED) is 0.779. The van der Waals surface area contributed by atoms with Crippen molar-refractivity contribution >= 4 is 16.7 Å². The minimum atomic E-state index is 0.0555. The van der Waals surface area contributed by atoms with E-state index in [1.165, 1.54) is 12.8 Å². The first-order chi connectivity index (χ1) is 12.1. The largest absolute Gasteiger partial charge is 0.493 e. The van der Waals surface area contributed by atoms with Gasteiger partial charge in [0, 0.05) is 17.8 Å². The number of benzene rings is 1. The number of nitrogens with zero attached hydrogens (tertiary/aromatic N) is 1. The molecule has 4 nitrogen and oxygen atoms in total. The Balaban J connectivity index is 0.000000730. The molecule has 25 heavy (non-hydrogen) atoms. The molecule has 2 aromatic rings. The highest BCUT2D eigenvalue weighted by Crippen LogP contribution is 2.23. The minimum absolute atomic E-state index is 0.0555. The topological polar surface area (TPSA) is 45.3 Å². The number of hydrogen-bond donors (Lipinski definition) is 1. The van der Waals surface area contributed by atoms with Crippen molar-refractivity contribution in [2.75, 3.05) is 26.7 Å². The molecule has 0 spiro atoms. The lowest BCUT2D eigenvalue weighted by Crippen LogP contribution is -2.32. The van der Waals surface area contributed by atoms with Gasteiger partial charge in [0.25, 0.3) is 0 Å². The van der Waals surface area contributed by atoms with Gasteiger partial charge in [-0.25, -0.2) is 0 Å². The van der Waals surface area contributed by atoms with E-state index in [9.17, 15) is 4.79 Å². The lowest BCUT2D eigenvalue weighted by Gasteiger charge is -2.28. The highest BCUT2D eigenvalue weighted by atomic mass is 16.5. The number of carbonyl (C=O) groups excluding carboxylic acids is 1. The fraction of sp³-hybridized carbons (Fsp3) is 0.571. The fourth-order valence-electron chi connectivity index (χ4n) is 2.83. The zero-order valence-corrected chi connectivity index (χ0v) is 16.7. The Morgan fingerprint density at radius 2 is 1.80 bits per heavy atom. The van der Waals surface area contributed by atoms with Gasteiger partial charge in [0.2, 0.25) is 0 Å². The van der Waals surface area contributed by atoms with Crippen LogP contribution in [0.5, 0.6) is 5.75 Å². The van der Waals surface area contributed by atoms with Crippen LogP contribution in [0, 0.1) is 5.92 Å². The molecule has 1 N–H and O–H groups in total. The maximum atomic E-state index is 11.4.